The smallest absolute Gasteiger partial charge is 0.379 e. The second-order valence-electron chi connectivity index (χ2n) is 7.25. The van der Waals surface area contributed by atoms with E-state index >= 15 is 0 Å². The lowest BCUT2D eigenvalue weighted by Crippen LogP contribution is -2.26. The van der Waals surface area contributed by atoms with Gasteiger partial charge in [-0.1, -0.05) is 90.4 Å². The third kappa shape index (κ3) is 81.3. The molecule has 0 saturated carbocycles. The minimum absolute atomic E-state index is 0. The van der Waals surface area contributed by atoms with Gasteiger partial charge in [0.2, 0.25) is 0 Å². The van der Waals surface area contributed by atoms with Crippen molar-refractivity contribution in [3.05, 3.63) is 0 Å². The highest BCUT2D eigenvalue weighted by molar-refractivity contribution is 7.45. The topological polar surface area (TPSA) is 223 Å². The fraction of sp³-hybridized carbons (Fsp3) is 1.00. The molecule has 1 atom stereocenters. The zero-order chi connectivity index (χ0) is 23.9. The summed E-state index contributed by atoms with van der Waals surface area (Å²) >= 11 is 0. The molecule has 31 heavy (non-hydrogen) atoms. The van der Waals surface area contributed by atoms with Crippen LogP contribution in [0.25, 0.3) is 0 Å². The number of hydrogen-bond donors (Lipinski definition) is 9. The second-order valence-corrected chi connectivity index (χ2v) is 9.31. The SMILES string of the molecule is CCCCCCCCCCCCCCCCNC(C)O.N.O=P(O)(O)O.O=P(O)(O)O. The van der Waals surface area contributed by atoms with Crippen molar-refractivity contribution in [2.24, 2.45) is 0 Å². The van der Waals surface area contributed by atoms with Gasteiger partial charge in [-0.2, -0.15) is 0 Å². The maximum Gasteiger partial charge on any atom is 0.466 e. The van der Waals surface area contributed by atoms with Crippen molar-refractivity contribution in [2.45, 2.75) is 110 Å². The lowest BCUT2D eigenvalue weighted by molar-refractivity contribution is 0.156. The van der Waals surface area contributed by atoms with Crippen LogP contribution in [0.2, 0.25) is 0 Å². The average Bonchev–Trinajstić information content (AvgIpc) is 2.55. The molecule has 0 aromatic heterocycles. The van der Waals surface area contributed by atoms with Gasteiger partial charge in [0.1, 0.15) is 6.23 Å². The molecule has 0 rings (SSSR count). The standard InChI is InChI=1S/C18H39NO.H3N.2H3O4P/c1-3-4-5-6-7-8-9-10-11-12-13-14-15-16-17-19-18(2)20;;2*1-5(2,3)4/h18-20H,3-17H2,1-2H3;1H3;2*(H3,1,2,3,4). The van der Waals surface area contributed by atoms with E-state index in [0.717, 1.165) is 6.54 Å². The molecule has 0 aliphatic carbocycles. The molecule has 11 nitrogen and oxygen atoms in total. The van der Waals surface area contributed by atoms with E-state index in [0.29, 0.717) is 0 Å². The van der Waals surface area contributed by atoms with E-state index in [-0.39, 0.29) is 12.4 Å². The minimum atomic E-state index is -4.64. The number of nitrogens with one attached hydrogen (secondary N) is 1. The normalized spacial score (nSPS) is 12.0. The first kappa shape index (κ1) is 38.4. The zero-order valence-corrected chi connectivity index (χ0v) is 21.0. The molecular weight excluding hydrogens is 450 g/mol. The molecule has 0 aliphatic rings. The van der Waals surface area contributed by atoms with Crippen molar-refractivity contribution < 1.29 is 43.6 Å². The molecule has 0 aromatic rings. The van der Waals surface area contributed by atoms with Gasteiger partial charge in [0.15, 0.2) is 0 Å². The number of hydrogen-bond acceptors (Lipinski definition) is 5. The average molecular weight is 499 g/mol. The molecule has 0 bridgehead atoms. The van der Waals surface area contributed by atoms with Crippen LogP contribution in [0.15, 0.2) is 0 Å². The summed E-state index contributed by atoms with van der Waals surface area (Å²) in [6.45, 7) is 5.02. The van der Waals surface area contributed by atoms with Crippen LogP contribution in [0.4, 0.5) is 0 Å². The Balaban J connectivity index is -0.000000275. The summed E-state index contributed by atoms with van der Waals surface area (Å²) in [7, 11) is -9.28. The van der Waals surface area contributed by atoms with Gasteiger partial charge < -0.3 is 40.6 Å². The molecule has 194 valence electrons. The van der Waals surface area contributed by atoms with Crippen molar-refractivity contribution >= 4 is 15.6 Å². The van der Waals surface area contributed by atoms with Crippen LogP contribution in [0.1, 0.15) is 104 Å². The van der Waals surface area contributed by atoms with Crippen molar-refractivity contribution in [1.82, 2.24) is 11.5 Å². The summed E-state index contributed by atoms with van der Waals surface area (Å²) < 4.78 is 17.8. The van der Waals surface area contributed by atoms with Crippen molar-refractivity contribution in [2.75, 3.05) is 6.54 Å². The van der Waals surface area contributed by atoms with E-state index in [1.54, 1.807) is 6.92 Å². The van der Waals surface area contributed by atoms with E-state index in [1.165, 1.54) is 89.9 Å². The first-order valence-electron chi connectivity index (χ1n) is 10.8. The van der Waals surface area contributed by atoms with Crippen molar-refractivity contribution in [1.29, 1.82) is 0 Å². The van der Waals surface area contributed by atoms with Crippen LogP contribution in [0.3, 0.4) is 0 Å². The van der Waals surface area contributed by atoms with Crippen LogP contribution in [-0.2, 0) is 9.13 Å². The third-order valence-corrected chi connectivity index (χ3v) is 3.97. The van der Waals surface area contributed by atoms with Gasteiger partial charge in [0.25, 0.3) is 0 Å². The lowest BCUT2D eigenvalue weighted by Gasteiger charge is -2.06. The largest absolute Gasteiger partial charge is 0.466 e. The molecule has 11 N–H and O–H groups in total. The lowest BCUT2D eigenvalue weighted by atomic mass is 10.0. The fourth-order valence-electron chi connectivity index (χ4n) is 2.63. The zero-order valence-electron chi connectivity index (χ0n) is 19.2. The number of unbranched alkanes of at least 4 members (excludes halogenated alkanes) is 13. The molecule has 0 aliphatic heterocycles. The van der Waals surface area contributed by atoms with Gasteiger partial charge in [-0.3, -0.25) is 5.32 Å². The predicted octanol–water partition coefficient (Wildman–Crippen LogP) is 3.70. The first-order chi connectivity index (χ1) is 13.8. The Labute approximate surface area is 187 Å². The van der Waals surface area contributed by atoms with E-state index < -0.39 is 15.6 Å². The molecule has 1 unspecified atom stereocenters. The van der Waals surface area contributed by atoms with Crippen LogP contribution >= 0.6 is 15.6 Å². The summed E-state index contributed by atoms with van der Waals surface area (Å²) in [5, 5.41) is 12.1. The van der Waals surface area contributed by atoms with Crippen LogP contribution < -0.4 is 11.5 Å². The van der Waals surface area contributed by atoms with Crippen LogP contribution in [0, 0.1) is 0 Å². The fourth-order valence-corrected chi connectivity index (χ4v) is 2.63. The Hall–Kier alpha value is 0.1000. The van der Waals surface area contributed by atoms with Gasteiger partial charge in [-0.15, -0.1) is 0 Å². The van der Waals surface area contributed by atoms with Gasteiger partial charge in [0.05, 0.1) is 0 Å². The maximum absolute atomic E-state index is 9.05. The molecule has 0 fully saturated rings. The summed E-state index contributed by atoms with van der Waals surface area (Å²) in [5.74, 6) is 0. The molecule has 0 radical (unpaired) electrons. The Morgan fingerprint density at radius 2 is 0.839 bits per heavy atom. The highest BCUT2D eigenvalue weighted by Crippen LogP contribution is 2.26. The summed E-state index contributed by atoms with van der Waals surface area (Å²) in [5.41, 5.74) is 0. The summed E-state index contributed by atoms with van der Waals surface area (Å²) in [4.78, 5) is 43.1. The Bertz CT molecular complexity index is 396. The molecular formula is C18H48N2O9P2. The van der Waals surface area contributed by atoms with Crippen molar-refractivity contribution in [3.63, 3.8) is 0 Å². The highest BCUT2D eigenvalue weighted by atomic mass is 31.2. The van der Waals surface area contributed by atoms with E-state index in [4.69, 9.17) is 43.6 Å². The van der Waals surface area contributed by atoms with Gasteiger partial charge in [-0.05, 0) is 19.9 Å². The van der Waals surface area contributed by atoms with Crippen molar-refractivity contribution in [3.8, 4) is 0 Å². The molecule has 0 saturated heterocycles. The van der Waals surface area contributed by atoms with Gasteiger partial charge in [-0.25, -0.2) is 9.13 Å². The van der Waals surface area contributed by atoms with E-state index in [9.17, 15) is 0 Å². The first-order valence-corrected chi connectivity index (χ1v) is 13.9. The molecule has 0 heterocycles. The number of aliphatic hydroxyl groups excluding tert-OH is 1. The molecule has 0 spiro atoms. The summed E-state index contributed by atoms with van der Waals surface area (Å²) in [6, 6.07) is 0. The number of aliphatic hydroxyl groups is 1. The van der Waals surface area contributed by atoms with Gasteiger partial charge in [0, 0.05) is 0 Å². The van der Waals surface area contributed by atoms with Crippen LogP contribution in [0.5, 0.6) is 0 Å². The monoisotopic (exact) mass is 498 g/mol. The highest BCUT2D eigenvalue weighted by Gasteiger charge is 2.00. The minimum Gasteiger partial charge on any atom is -0.379 e. The molecule has 0 amide bonds. The van der Waals surface area contributed by atoms with E-state index in [1.807, 2.05) is 0 Å². The van der Waals surface area contributed by atoms with E-state index in [2.05, 4.69) is 12.2 Å². The summed E-state index contributed by atoms with van der Waals surface area (Å²) in [6.07, 6.45) is 19.2. The maximum atomic E-state index is 9.05. The Kier molecular flexibility index (Phi) is 32.6. The van der Waals surface area contributed by atoms with Gasteiger partial charge >= 0.3 is 15.6 Å². The predicted molar refractivity (Wildman–Crippen MR) is 124 cm³/mol. The number of phosphoric acid groups is 2. The Morgan fingerprint density at radius 3 is 1.06 bits per heavy atom. The van der Waals surface area contributed by atoms with Crippen LogP contribution in [-0.4, -0.2) is 47.2 Å². The second kappa shape index (κ2) is 26.4. The molecule has 13 heteroatoms. The quantitative estimate of drug-likeness (QED) is 0.0847. The number of rotatable bonds is 16. The third-order valence-electron chi connectivity index (χ3n) is 3.97. The Morgan fingerprint density at radius 1 is 0.613 bits per heavy atom. The molecule has 0 aromatic carbocycles.